The highest BCUT2D eigenvalue weighted by molar-refractivity contribution is 7.89. The maximum Gasteiger partial charge on any atom is 0.259 e. The van der Waals surface area contributed by atoms with Crippen molar-refractivity contribution < 1.29 is 18.0 Å². The van der Waals surface area contributed by atoms with Crippen LogP contribution in [0.15, 0.2) is 64.7 Å². The number of hydrazone groups is 1. The number of H-pyrrole nitrogens is 1. The van der Waals surface area contributed by atoms with E-state index in [-0.39, 0.29) is 17.0 Å². The zero-order valence-electron chi connectivity index (χ0n) is 17.2. The molecule has 3 N–H and O–H groups in total. The maximum absolute atomic E-state index is 12.5. The molecule has 3 aromatic rings. The molecule has 2 amide bonds. The van der Waals surface area contributed by atoms with Crippen molar-refractivity contribution in [3.63, 3.8) is 0 Å². The number of benzene rings is 2. The second-order valence-electron chi connectivity index (χ2n) is 7.40. The smallest absolute Gasteiger partial charge is 0.259 e. The molecule has 1 fully saturated rings. The van der Waals surface area contributed by atoms with Gasteiger partial charge in [0.25, 0.3) is 11.8 Å². The van der Waals surface area contributed by atoms with E-state index in [0.717, 1.165) is 29.3 Å². The zero-order valence-corrected chi connectivity index (χ0v) is 18.1. The third-order valence-corrected chi connectivity index (χ3v) is 7.16. The summed E-state index contributed by atoms with van der Waals surface area (Å²) in [6, 6.07) is 13.4. The van der Waals surface area contributed by atoms with E-state index in [1.807, 2.05) is 24.3 Å². The molecule has 1 aliphatic heterocycles. The monoisotopic (exact) mass is 453 g/mol. The second-order valence-corrected chi connectivity index (χ2v) is 9.34. The van der Waals surface area contributed by atoms with Crippen molar-refractivity contribution in [3.05, 3.63) is 65.9 Å². The molecule has 0 aliphatic carbocycles. The highest BCUT2D eigenvalue weighted by Gasteiger charge is 2.27. The van der Waals surface area contributed by atoms with Gasteiger partial charge in [-0.2, -0.15) is 9.41 Å². The summed E-state index contributed by atoms with van der Waals surface area (Å²) in [5, 5.41) is 7.40. The summed E-state index contributed by atoms with van der Waals surface area (Å²) in [6.45, 7) is 0.767. The Morgan fingerprint density at radius 1 is 1.06 bits per heavy atom. The summed E-state index contributed by atoms with van der Waals surface area (Å²) in [7, 11) is -3.53. The molecule has 1 saturated heterocycles. The second kappa shape index (κ2) is 9.33. The summed E-state index contributed by atoms with van der Waals surface area (Å²) in [5.41, 5.74) is 4.43. The van der Waals surface area contributed by atoms with E-state index >= 15 is 0 Å². The van der Waals surface area contributed by atoms with E-state index in [2.05, 4.69) is 20.8 Å². The van der Waals surface area contributed by atoms with E-state index in [1.165, 1.54) is 34.8 Å². The largest absolute Gasteiger partial charge is 0.361 e. The minimum absolute atomic E-state index is 0.153. The minimum atomic E-state index is -3.53. The fraction of sp³-hybridized carbons (Fsp3) is 0.227. The normalized spacial score (nSPS) is 14.8. The Kier molecular flexibility index (Phi) is 6.33. The number of carbonyl (C=O) groups excluding carboxylic acids is 2. The Balaban J connectivity index is 1.29. The van der Waals surface area contributed by atoms with Gasteiger partial charge in [0.15, 0.2) is 0 Å². The third-order valence-electron chi connectivity index (χ3n) is 5.24. The van der Waals surface area contributed by atoms with Crippen molar-refractivity contribution in [3.8, 4) is 0 Å². The van der Waals surface area contributed by atoms with Gasteiger partial charge in [0.05, 0.1) is 17.7 Å². The van der Waals surface area contributed by atoms with Crippen molar-refractivity contribution in [1.82, 2.24) is 20.0 Å². The molecule has 0 unspecified atom stereocenters. The van der Waals surface area contributed by atoms with Crippen molar-refractivity contribution in [2.24, 2.45) is 5.10 Å². The summed E-state index contributed by atoms with van der Waals surface area (Å²) < 4.78 is 26.5. The molecule has 2 aromatic carbocycles. The van der Waals surface area contributed by atoms with Gasteiger partial charge in [-0.3, -0.25) is 9.59 Å². The van der Waals surface area contributed by atoms with Crippen LogP contribution in [0.1, 0.15) is 28.8 Å². The molecular weight excluding hydrogens is 430 g/mol. The summed E-state index contributed by atoms with van der Waals surface area (Å²) >= 11 is 0. The van der Waals surface area contributed by atoms with E-state index in [0.29, 0.717) is 13.1 Å². The van der Waals surface area contributed by atoms with Crippen LogP contribution in [0.4, 0.5) is 0 Å². The van der Waals surface area contributed by atoms with E-state index < -0.39 is 21.8 Å². The molecule has 1 aromatic heterocycles. The van der Waals surface area contributed by atoms with E-state index in [9.17, 15) is 18.0 Å². The number of nitrogens with zero attached hydrogens (tertiary/aromatic N) is 2. The number of amides is 2. The van der Waals surface area contributed by atoms with Gasteiger partial charge in [-0.1, -0.05) is 18.2 Å². The Morgan fingerprint density at radius 3 is 2.53 bits per heavy atom. The summed E-state index contributed by atoms with van der Waals surface area (Å²) in [4.78, 5) is 27.5. The Hall–Kier alpha value is -3.50. The Bertz CT molecular complexity index is 1260. The molecule has 9 nitrogen and oxygen atoms in total. The highest BCUT2D eigenvalue weighted by atomic mass is 32.2. The lowest BCUT2D eigenvalue weighted by Gasteiger charge is -2.15. The third kappa shape index (κ3) is 4.71. The molecule has 0 spiro atoms. The Labute approximate surface area is 185 Å². The number of aromatic nitrogens is 1. The minimum Gasteiger partial charge on any atom is -0.361 e. The number of rotatable bonds is 7. The lowest BCUT2D eigenvalue weighted by atomic mass is 10.2. The molecule has 0 bridgehead atoms. The van der Waals surface area contributed by atoms with Crippen LogP contribution >= 0.6 is 0 Å². The highest BCUT2D eigenvalue weighted by Crippen LogP contribution is 2.21. The van der Waals surface area contributed by atoms with Crippen LogP contribution in [0.3, 0.4) is 0 Å². The Morgan fingerprint density at radius 2 is 1.78 bits per heavy atom. The van der Waals surface area contributed by atoms with E-state index in [4.69, 9.17) is 0 Å². The molecule has 32 heavy (non-hydrogen) atoms. The predicted molar refractivity (Wildman–Crippen MR) is 121 cm³/mol. The van der Waals surface area contributed by atoms with Crippen LogP contribution in [0.5, 0.6) is 0 Å². The maximum atomic E-state index is 12.5. The zero-order chi connectivity index (χ0) is 22.6. The number of hydrogen-bond acceptors (Lipinski definition) is 5. The first-order chi connectivity index (χ1) is 15.4. The first-order valence-electron chi connectivity index (χ1n) is 10.2. The predicted octanol–water partition coefficient (Wildman–Crippen LogP) is 1.83. The van der Waals surface area contributed by atoms with Gasteiger partial charge in [0, 0.05) is 41.3 Å². The number of aromatic amines is 1. The fourth-order valence-electron chi connectivity index (χ4n) is 3.53. The first kappa shape index (κ1) is 21.7. The van der Waals surface area contributed by atoms with Gasteiger partial charge in [-0.25, -0.2) is 13.8 Å². The molecule has 0 atom stereocenters. The lowest BCUT2D eigenvalue weighted by Crippen LogP contribution is -2.35. The van der Waals surface area contributed by atoms with E-state index in [1.54, 1.807) is 6.20 Å². The van der Waals surface area contributed by atoms with Crippen LogP contribution in [-0.4, -0.2) is 55.4 Å². The van der Waals surface area contributed by atoms with Gasteiger partial charge < -0.3 is 10.3 Å². The number of carbonyl (C=O) groups is 2. The van der Waals surface area contributed by atoms with Crippen LogP contribution in [-0.2, 0) is 14.8 Å². The fourth-order valence-corrected chi connectivity index (χ4v) is 5.05. The van der Waals surface area contributed by atoms with Gasteiger partial charge in [0.1, 0.15) is 0 Å². The first-order valence-corrected chi connectivity index (χ1v) is 11.7. The van der Waals surface area contributed by atoms with Crippen LogP contribution in [0.2, 0.25) is 0 Å². The molecule has 1 aliphatic rings. The number of sulfonamides is 1. The number of para-hydroxylation sites is 1. The van der Waals surface area contributed by atoms with Crippen molar-refractivity contribution in [2.45, 2.75) is 17.7 Å². The van der Waals surface area contributed by atoms with Gasteiger partial charge in [-0.15, -0.1) is 0 Å². The molecule has 10 heteroatoms. The molecule has 4 rings (SSSR count). The average Bonchev–Trinajstić information content (AvgIpc) is 3.49. The molecule has 0 radical (unpaired) electrons. The quantitative estimate of drug-likeness (QED) is 0.373. The molecular formula is C22H23N5O4S. The van der Waals surface area contributed by atoms with Crippen molar-refractivity contribution in [1.29, 1.82) is 0 Å². The van der Waals surface area contributed by atoms with Crippen LogP contribution in [0.25, 0.3) is 10.9 Å². The van der Waals surface area contributed by atoms with Crippen molar-refractivity contribution in [2.75, 3.05) is 19.6 Å². The number of hydrogen-bond donors (Lipinski definition) is 3. The van der Waals surface area contributed by atoms with Gasteiger partial charge in [-0.05, 0) is 43.2 Å². The number of nitrogens with one attached hydrogen (secondary N) is 3. The molecule has 166 valence electrons. The van der Waals surface area contributed by atoms with Gasteiger partial charge in [0.2, 0.25) is 10.0 Å². The standard InChI is InChI=1S/C22H23N5O4S/c28-21(26-25-14-17-13-23-20-6-2-1-5-19(17)20)15-24-22(29)16-7-9-18(10-8-16)32(30,31)27-11-3-4-12-27/h1-2,5-10,13-14,23H,3-4,11-12,15H2,(H,24,29)(H,26,28)/b25-14-. The summed E-state index contributed by atoms with van der Waals surface area (Å²) in [5.74, 6) is -0.964. The average molecular weight is 454 g/mol. The van der Waals surface area contributed by atoms with Crippen LogP contribution in [0, 0.1) is 0 Å². The SMILES string of the molecule is O=C(CNC(=O)c1ccc(S(=O)(=O)N2CCCC2)cc1)N/N=C\c1c[nH]c2ccccc12. The number of fused-ring (bicyclic) bond motifs is 1. The van der Waals surface area contributed by atoms with Crippen LogP contribution < -0.4 is 10.7 Å². The summed E-state index contributed by atoms with van der Waals surface area (Å²) in [6.07, 6.45) is 5.02. The van der Waals surface area contributed by atoms with Crippen molar-refractivity contribution >= 4 is 39.0 Å². The molecule has 0 saturated carbocycles. The lowest BCUT2D eigenvalue weighted by molar-refractivity contribution is -0.120. The topological polar surface area (TPSA) is 124 Å². The molecule has 2 heterocycles. The van der Waals surface area contributed by atoms with Gasteiger partial charge >= 0.3 is 0 Å².